The SMILES string of the molecule is COc1ccc(C2(c3ccc(OC)cc3)C=Cc3c(OC)c(OC)c4c5ccccc5c5ccccc5c4c3O2)cc1. The first kappa shape index (κ1) is 25.8. The molecule has 0 aliphatic carbocycles. The molecule has 5 nitrogen and oxygen atoms in total. The highest BCUT2D eigenvalue weighted by Gasteiger charge is 2.40. The summed E-state index contributed by atoms with van der Waals surface area (Å²) >= 11 is 0. The van der Waals surface area contributed by atoms with Crippen LogP contribution >= 0.6 is 0 Å². The van der Waals surface area contributed by atoms with Crippen molar-refractivity contribution >= 4 is 38.4 Å². The third kappa shape index (κ3) is 3.70. The summed E-state index contributed by atoms with van der Waals surface area (Å²) in [6, 6.07) is 32.9. The first-order chi connectivity index (χ1) is 20.6. The van der Waals surface area contributed by atoms with E-state index in [-0.39, 0.29) is 0 Å². The molecule has 0 radical (unpaired) electrons. The lowest BCUT2D eigenvalue weighted by molar-refractivity contribution is 0.162. The van der Waals surface area contributed by atoms with Crippen molar-refractivity contribution in [3.63, 3.8) is 0 Å². The van der Waals surface area contributed by atoms with E-state index in [1.807, 2.05) is 24.3 Å². The van der Waals surface area contributed by atoms with Gasteiger partial charge in [-0.25, -0.2) is 0 Å². The van der Waals surface area contributed by atoms with Gasteiger partial charge in [0.25, 0.3) is 0 Å². The zero-order chi connectivity index (χ0) is 28.8. The molecule has 1 aliphatic heterocycles. The van der Waals surface area contributed by atoms with Crippen molar-refractivity contribution < 1.29 is 23.7 Å². The van der Waals surface area contributed by atoms with Crippen LogP contribution in [0.1, 0.15) is 16.7 Å². The quantitative estimate of drug-likeness (QED) is 0.193. The Labute approximate surface area is 244 Å². The predicted molar refractivity (Wildman–Crippen MR) is 168 cm³/mol. The van der Waals surface area contributed by atoms with Crippen LogP contribution in [-0.2, 0) is 5.60 Å². The van der Waals surface area contributed by atoms with E-state index in [1.165, 1.54) is 0 Å². The molecule has 0 aromatic heterocycles. The fraction of sp³-hybridized carbons (Fsp3) is 0.135. The van der Waals surface area contributed by atoms with Gasteiger partial charge >= 0.3 is 0 Å². The molecule has 7 rings (SSSR count). The Morgan fingerprint density at radius 2 is 0.976 bits per heavy atom. The fourth-order valence-corrected chi connectivity index (χ4v) is 6.29. The van der Waals surface area contributed by atoms with E-state index in [1.54, 1.807) is 28.4 Å². The van der Waals surface area contributed by atoms with Crippen molar-refractivity contribution in [3.8, 4) is 28.7 Å². The van der Waals surface area contributed by atoms with Crippen LogP contribution in [-0.4, -0.2) is 28.4 Å². The number of fused-ring (bicyclic) bond motifs is 8. The molecule has 0 bridgehead atoms. The summed E-state index contributed by atoms with van der Waals surface area (Å²) in [7, 11) is 6.71. The lowest BCUT2D eigenvalue weighted by atomic mass is 9.82. The van der Waals surface area contributed by atoms with Gasteiger partial charge in [-0.3, -0.25) is 0 Å². The largest absolute Gasteiger partial charge is 0.497 e. The van der Waals surface area contributed by atoms with E-state index in [4.69, 9.17) is 23.7 Å². The summed E-state index contributed by atoms with van der Waals surface area (Å²) in [4.78, 5) is 0. The summed E-state index contributed by atoms with van der Waals surface area (Å²) < 4.78 is 30.5. The lowest BCUT2D eigenvalue weighted by Crippen LogP contribution is -2.34. The topological polar surface area (TPSA) is 46.2 Å². The highest BCUT2D eigenvalue weighted by Crippen LogP contribution is 2.55. The number of hydrogen-bond acceptors (Lipinski definition) is 5. The molecule has 0 atom stereocenters. The average Bonchev–Trinajstić information content (AvgIpc) is 3.07. The molecule has 0 unspecified atom stereocenters. The minimum atomic E-state index is -0.940. The summed E-state index contributed by atoms with van der Waals surface area (Å²) in [5.41, 5.74) is 1.82. The van der Waals surface area contributed by atoms with Crippen molar-refractivity contribution in [2.75, 3.05) is 28.4 Å². The maximum Gasteiger partial charge on any atom is 0.178 e. The average molecular weight is 555 g/mol. The molecule has 0 spiro atoms. The van der Waals surface area contributed by atoms with Crippen molar-refractivity contribution in [3.05, 3.63) is 120 Å². The lowest BCUT2D eigenvalue weighted by Gasteiger charge is -2.37. The van der Waals surface area contributed by atoms with Gasteiger partial charge in [-0.2, -0.15) is 0 Å². The predicted octanol–water partition coefficient (Wildman–Crippen LogP) is 8.53. The molecule has 0 saturated heterocycles. The minimum Gasteiger partial charge on any atom is -0.497 e. The zero-order valence-electron chi connectivity index (χ0n) is 23.9. The standard InChI is InChI=1S/C37H30O5/c1-38-25-17-13-23(14-18-25)37(24-15-19-26(39-2)20-16-24)22-21-31-34(42-37)32-29-11-7-5-9-27(29)28-10-6-8-12-30(28)33(32)36(41-4)35(31)40-3/h5-22H,1-4H3. The Morgan fingerprint density at radius 3 is 1.45 bits per heavy atom. The van der Waals surface area contributed by atoms with E-state index in [0.717, 1.165) is 66.3 Å². The van der Waals surface area contributed by atoms with Crippen LogP contribution in [0.15, 0.2) is 103 Å². The van der Waals surface area contributed by atoms with E-state index in [0.29, 0.717) is 11.5 Å². The van der Waals surface area contributed by atoms with Crippen LogP contribution in [0.3, 0.4) is 0 Å². The Balaban J connectivity index is 1.62. The Hall–Kier alpha value is -5.16. The molecule has 0 N–H and O–H groups in total. The number of rotatable bonds is 6. The molecule has 208 valence electrons. The van der Waals surface area contributed by atoms with Gasteiger partial charge in [-0.05, 0) is 58.0 Å². The van der Waals surface area contributed by atoms with Gasteiger partial charge in [0, 0.05) is 21.9 Å². The van der Waals surface area contributed by atoms with Crippen LogP contribution in [0.25, 0.3) is 38.4 Å². The molecular formula is C37H30O5. The molecule has 0 amide bonds. The molecular weight excluding hydrogens is 524 g/mol. The van der Waals surface area contributed by atoms with Crippen LogP contribution in [0.5, 0.6) is 28.7 Å². The molecule has 1 heterocycles. The summed E-state index contributed by atoms with van der Waals surface area (Å²) in [5.74, 6) is 3.60. The van der Waals surface area contributed by atoms with Gasteiger partial charge in [0.2, 0.25) is 0 Å². The molecule has 1 aliphatic rings. The molecule has 42 heavy (non-hydrogen) atoms. The number of hydrogen-bond donors (Lipinski definition) is 0. The van der Waals surface area contributed by atoms with Gasteiger partial charge in [0.05, 0.1) is 34.0 Å². The number of ether oxygens (including phenoxy) is 5. The zero-order valence-corrected chi connectivity index (χ0v) is 23.9. The van der Waals surface area contributed by atoms with Crippen LogP contribution in [0.4, 0.5) is 0 Å². The number of methoxy groups -OCH3 is 4. The molecule has 0 fully saturated rings. The van der Waals surface area contributed by atoms with E-state index in [9.17, 15) is 0 Å². The van der Waals surface area contributed by atoms with Crippen molar-refractivity contribution in [2.24, 2.45) is 0 Å². The van der Waals surface area contributed by atoms with Crippen molar-refractivity contribution in [1.29, 1.82) is 0 Å². The van der Waals surface area contributed by atoms with Gasteiger partial charge in [-0.1, -0.05) is 72.8 Å². The number of benzene rings is 6. The highest BCUT2D eigenvalue weighted by molar-refractivity contribution is 6.29. The maximum absolute atomic E-state index is 7.35. The monoisotopic (exact) mass is 554 g/mol. The highest BCUT2D eigenvalue weighted by atomic mass is 16.5. The van der Waals surface area contributed by atoms with Gasteiger partial charge < -0.3 is 23.7 Å². The molecule has 6 aromatic rings. The normalized spacial score (nSPS) is 13.5. The summed E-state index contributed by atoms with van der Waals surface area (Å²) in [6.45, 7) is 0. The van der Waals surface area contributed by atoms with Crippen molar-refractivity contribution in [2.45, 2.75) is 5.60 Å². The second-order valence-corrected chi connectivity index (χ2v) is 10.3. The van der Waals surface area contributed by atoms with Crippen LogP contribution < -0.4 is 23.7 Å². The summed E-state index contributed by atoms with van der Waals surface area (Å²) in [6.07, 6.45) is 4.19. The van der Waals surface area contributed by atoms with Crippen LogP contribution in [0, 0.1) is 0 Å². The van der Waals surface area contributed by atoms with Gasteiger partial charge in [0.1, 0.15) is 17.2 Å². The second kappa shape index (κ2) is 10.0. The smallest absolute Gasteiger partial charge is 0.178 e. The van der Waals surface area contributed by atoms with E-state index in [2.05, 4.69) is 84.9 Å². The Morgan fingerprint density at radius 1 is 0.500 bits per heavy atom. The third-order valence-corrected chi connectivity index (χ3v) is 8.28. The Bertz CT molecular complexity index is 1940. The van der Waals surface area contributed by atoms with Gasteiger partial charge in [-0.15, -0.1) is 0 Å². The second-order valence-electron chi connectivity index (χ2n) is 10.3. The summed E-state index contributed by atoms with van der Waals surface area (Å²) in [5, 5.41) is 6.37. The van der Waals surface area contributed by atoms with E-state index >= 15 is 0 Å². The first-order valence-corrected chi connectivity index (χ1v) is 13.8. The van der Waals surface area contributed by atoms with Gasteiger partial charge in [0.15, 0.2) is 17.1 Å². The Kier molecular flexibility index (Phi) is 6.16. The van der Waals surface area contributed by atoms with E-state index < -0.39 is 5.60 Å². The van der Waals surface area contributed by atoms with Crippen molar-refractivity contribution in [1.82, 2.24) is 0 Å². The molecule has 6 aromatic carbocycles. The minimum absolute atomic E-state index is 0.634. The molecule has 0 saturated carbocycles. The maximum atomic E-state index is 7.35. The van der Waals surface area contributed by atoms with Crippen LogP contribution in [0.2, 0.25) is 0 Å². The fourth-order valence-electron chi connectivity index (χ4n) is 6.29. The molecule has 5 heteroatoms. The third-order valence-electron chi connectivity index (χ3n) is 8.28. The first-order valence-electron chi connectivity index (χ1n) is 13.8.